The number of carbonyl (C=O) groups excluding carboxylic acids is 2. The van der Waals surface area contributed by atoms with Crippen molar-refractivity contribution in [3.8, 4) is 0 Å². The van der Waals surface area contributed by atoms with E-state index in [-0.39, 0.29) is 12.8 Å². The van der Waals surface area contributed by atoms with Crippen LogP contribution in [-0.4, -0.2) is 30.6 Å². The molecule has 0 spiro atoms. The van der Waals surface area contributed by atoms with Gasteiger partial charge in [0.15, 0.2) is 0 Å². The van der Waals surface area contributed by atoms with E-state index in [0.717, 1.165) is 12.8 Å². The van der Waals surface area contributed by atoms with Crippen molar-refractivity contribution in [2.24, 2.45) is 0 Å². The van der Waals surface area contributed by atoms with Gasteiger partial charge in [0.2, 0.25) is 11.0 Å². The van der Waals surface area contributed by atoms with Crippen LogP contribution in [-0.2, 0) is 18.7 Å². The minimum absolute atomic E-state index is 0.152. The summed E-state index contributed by atoms with van der Waals surface area (Å²) in [6.45, 7) is 0. The van der Waals surface area contributed by atoms with Crippen molar-refractivity contribution >= 4 is 26.2 Å². The zero-order valence-corrected chi connectivity index (χ0v) is 12.8. The molecular weight excluding hydrogens is 310 g/mol. The van der Waals surface area contributed by atoms with Gasteiger partial charge in [-0.2, -0.15) is 0 Å². The fourth-order valence-electron chi connectivity index (χ4n) is 1.55. The third-order valence-corrected chi connectivity index (χ3v) is 4.43. The molecule has 0 aliphatic heterocycles. The highest BCUT2D eigenvalue weighted by Crippen LogP contribution is 2.38. The van der Waals surface area contributed by atoms with E-state index < -0.39 is 26.2 Å². The Morgan fingerprint density at radius 2 is 0.850 bits per heavy atom. The van der Waals surface area contributed by atoms with E-state index in [4.69, 9.17) is 19.6 Å². The maximum Gasteiger partial charge on any atom is 0.391 e. The van der Waals surface area contributed by atoms with Gasteiger partial charge in [-0.25, -0.2) is 0 Å². The molecule has 0 unspecified atom stereocenters. The van der Waals surface area contributed by atoms with Gasteiger partial charge in [0.1, 0.15) is 0 Å². The average molecular weight is 330 g/mol. The summed E-state index contributed by atoms with van der Waals surface area (Å²) < 4.78 is 21.1. The lowest BCUT2D eigenvalue weighted by Gasteiger charge is -2.04. The summed E-state index contributed by atoms with van der Waals surface area (Å²) in [5, 5.41) is 0. The van der Waals surface area contributed by atoms with Gasteiger partial charge in [0, 0.05) is 12.8 Å². The lowest BCUT2D eigenvalue weighted by atomic mass is 10.1. The molecule has 0 aromatic rings. The topological polar surface area (TPSA) is 149 Å². The van der Waals surface area contributed by atoms with Crippen LogP contribution >= 0.6 is 15.2 Å². The van der Waals surface area contributed by atoms with Gasteiger partial charge in [-0.05, 0) is 12.8 Å². The molecule has 0 saturated heterocycles. The minimum atomic E-state index is -4.60. The molecule has 0 amide bonds. The molecule has 4 N–H and O–H groups in total. The first-order chi connectivity index (χ1) is 9.05. The van der Waals surface area contributed by atoms with Crippen molar-refractivity contribution in [2.75, 3.05) is 0 Å². The van der Waals surface area contributed by atoms with Gasteiger partial charge >= 0.3 is 15.2 Å². The fraction of sp³-hybridized carbons (Fsp3) is 0.800. The smallest absolute Gasteiger partial charge is 0.319 e. The van der Waals surface area contributed by atoms with Crippen LogP contribution in [0.5, 0.6) is 0 Å². The fourth-order valence-corrected chi connectivity index (χ4v) is 2.45. The summed E-state index contributed by atoms with van der Waals surface area (Å²) in [6.07, 6.45) is 3.23. The predicted molar refractivity (Wildman–Crippen MR) is 71.0 cm³/mol. The van der Waals surface area contributed by atoms with E-state index in [2.05, 4.69) is 0 Å². The van der Waals surface area contributed by atoms with Gasteiger partial charge in [0.25, 0.3) is 0 Å². The summed E-state index contributed by atoms with van der Waals surface area (Å²) in [5.74, 6) is 0. The maximum absolute atomic E-state index is 10.9. The van der Waals surface area contributed by atoms with E-state index >= 15 is 0 Å². The molecule has 0 fully saturated rings. The molecular formula is C10H20O8P2. The normalized spacial score (nSPS) is 12.4. The minimum Gasteiger partial charge on any atom is -0.319 e. The molecule has 0 aliphatic rings. The average Bonchev–Trinajstić information content (AvgIpc) is 2.29. The Bertz CT molecular complexity index is 381. The van der Waals surface area contributed by atoms with Gasteiger partial charge in [-0.15, -0.1) is 0 Å². The van der Waals surface area contributed by atoms with E-state index in [1.54, 1.807) is 0 Å². The third-order valence-electron chi connectivity index (χ3n) is 2.68. The van der Waals surface area contributed by atoms with Crippen LogP contribution in [0.15, 0.2) is 0 Å². The summed E-state index contributed by atoms with van der Waals surface area (Å²) in [5.41, 5.74) is -2.10. The first-order valence-corrected chi connectivity index (χ1v) is 9.45. The van der Waals surface area contributed by atoms with Gasteiger partial charge in [0.05, 0.1) is 0 Å². The lowest BCUT2D eigenvalue weighted by Crippen LogP contribution is -1.99. The molecule has 0 aromatic heterocycles. The highest BCUT2D eigenvalue weighted by atomic mass is 31.2. The van der Waals surface area contributed by atoms with Crippen molar-refractivity contribution in [3.63, 3.8) is 0 Å². The molecule has 0 atom stereocenters. The first-order valence-electron chi connectivity index (χ1n) is 6.23. The van der Waals surface area contributed by atoms with Crippen LogP contribution in [0.25, 0.3) is 0 Å². The second-order valence-corrected chi connectivity index (χ2v) is 7.67. The SMILES string of the molecule is O=C(CCCCCCCCC(=O)P(=O)(O)O)P(=O)(O)O. The van der Waals surface area contributed by atoms with Crippen LogP contribution < -0.4 is 0 Å². The number of hydrogen-bond acceptors (Lipinski definition) is 4. The standard InChI is InChI=1S/C10H20O8P2/c11-9(19(13,14)15)7-5-3-1-2-4-6-8-10(12)20(16,17)18/h1-8H2,(H2,13,14,15)(H2,16,17,18). The third kappa shape index (κ3) is 9.53. The Kier molecular flexibility index (Phi) is 8.66. The number of unbranched alkanes of at least 4 members (excludes halogenated alkanes) is 5. The number of hydrogen-bond donors (Lipinski definition) is 4. The lowest BCUT2D eigenvalue weighted by molar-refractivity contribution is -0.114. The van der Waals surface area contributed by atoms with Crippen LogP contribution in [0.2, 0.25) is 0 Å². The Morgan fingerprint density at radius 3 is 1.10 bits per heavy atom. The molecule has 0 bridgehead atoms. The van der Waals surface area contributed by atoms with Crippen LogP contribution in [0.3, 0.4) is 0 Å². The van der Waals surface area contributed by atoms with Crippen molar-refractivity contribution < 1.29 is 38.3 Å². The van der Waals surface area contributed by atoms with E-state index in [1.165, 1.54) is 0 Å². The van der Waals surface area contributed by atoms with E-state index in [1.807, 2.05) is 0 Å². The molecule has 0 heterocycles. The van der Waals surface area contributed by atoms with Crippen molar-refractivity contribution in [3.05, 3.63) is 0 Å². The summed E-state index contributed by atoms with van der Waals surface area (Å²) in [4.78, 5) is 56.0. The van der Waals surface area contributed by atoms with Crippen molar-refractivity contribution in [2.45, 2.75) is 51.4 Å². The molecule has 0 rings (SSSR count). The zero-order chi connectivity index (χ0) is 15.8. The molecule has 20 heavy (non-hydrogen) atoms. The second kappa shape index (κ2) is 8.82. The summed E-state index contributed by atoms with van der Waals surface area (Å²) in [6, 6.07) is 0. The maximum atomic E-state index is 10.9. The predicted octanol–water partition coefficient (Wildman–Crippen LogP) is 1.52. The second-order valence-electron chi connectivity index (χ2n) is 4.50. The van der Waals surface area contributed by atoms with Crippen LogP contribution in [0.1, 0.15) is 51.4 Å². The molecule has 118 valence electrons. The number of carbonyl (C=O) groups is 2. The van der Waals surface area contributed by atoms with Crippen molar-refractivity contribution in [1.82, 2.24) is 0 Å². The Morgan fingerprint density at radius 1 is 0.600 bits per heavy atom. The number of rotatable bonds is 11. The first kappa shape index (κ1) is 19.6. The molecule has 10 heteroatoms. The van der Waals surface area contributed by atoms with Crippen LogP contribution in [0.4, 0.5) is 0 Å². The summed E-state index contributed by atoms with van der Waals surface area (Å²) >= 11 is 0. The Hall–Kier alpha value is -0.360. The Balaban J connectivity index is 3.52. The van der Waals surface area contributed by atoms with Gasteiger partial charge in [-0.3, -0.25) is 18.7 Å². The van der Waals surface area contributed by atoms with Gasteiger partial charge in [-0.1, -0.05) is 25.7 Å². The Labute approximate surface area is 116 Å². The zero-order valence-electron chi connectivity index (χ0n) is 11.0. The van der Waals surface area contributed by atoms with Gasteiger partial charge < -0.3 is 19.6 Å². The quantitative estimate of drug-likeness (QED) is 0.329. The molecule has 0 saturated carbocycles. The molecule has 0 aliphatic carbocycles. The monoisotopic (exact) mass is 330 g/mol. The molecule has 0 aromatic carbocycles. The largest absolute Gasteiger partial charge is 0.391 e. The summed E-state index contributed by atoms with van der Waals surface area (Å²) in [7, 11) is -9.20. The molecule has 8 nitrogen and oxygen atoms in total. The highest BCUT2D eigenvalue weighted by Gasteiger charge is 2.25. The van der Waals surface area contributed by atoms with E-state index in [0.29, 0.717) is 25.7 Å². The van der Waals surface area contributed by atoms with Crippen LogP contribution in [0, 0.1) is 0 Å². The van der Waals surface area contributed by atoms with Crippen molar-refractivity contribution in [1.29, 1.82) is 0 Å². The van der Waals surface area contributed by atoms with E-state index in [9.17, 15) is 18.7 Å². The molecule has 0 radical (unpaired) electrons. The highest BCUT2D eigenvalue weighted by molar-refractivity contribution is 7.70.